The zero-order chi connectivity index (χ0) is 12.9. The summed E-state index contributed by atoms with van der Waals surface area (Å²) in [5.41, 5.74) is 8.05. The first-order valence-corrected chi connectivity index (χ1v) is 7.37. The molecule has 1 aromatic carbocycles. The highest BCUT2D eigenvalue weighted by molar-refractivity contribution is 7.92. The highest BCUT2D eigenvalue weighted by atomic mass is 32.2. The van der Waals surface area contributed by atoms with E-state index in [0.29, 0.717) is 18.7 Å². The second kappa shape index (κ2) is 6.02. The molecule has 0 saturated heterocycles. The van der Waals surface area contributed by atoms with E-state index in [9.17, 15) is 8.42 Å². The Labute approximate surface area is 103 Å². The molecule has 3 N–H and O–H groups in total. The van der Waals surface area contributed by atoms with Gasteiger partial charge in [0.2, 0.25) is 10.0 Å². The van der Waals surface area contributed by atoms with Gasteiger partial charge in [0, 0.05) is 0 Å². The van der Waals surface area contributed by atoms with Gasteiger partial charge in [-0.3, -0.25) is 4.72 Å². The maximum absolute atomic E-state index is 11.8. The SMILES string of the molecule is Cc1ccc(NS(=O)(=O)CCCCN)c(C)c1. The summed E-state index contributed by atoms with van der Waals surface area (Å²) in [6, 6.07) is 5.65. The molecule has 96 valence electrons. The molecule has 0 unspecified atom stereocenters. The fraction of sp³-hybridized carbons (Fsp3) is 0.500. The average Bonchev–Trinajstić information content (AvgIpc) is 2.22. The van der Waals surface area contributed by atoms with Crippen molar-refractivity contribution in [2.45, 2.75) is 26.7 Å². The first kappa shape index (κ1) is 14.0. The second-order valence-electron chi connectivity index (χ2n) is 4.24. The molecule has 17 heavy (non-hydrogen) atoms. The average molecular weight is 256 g/mol. The monoisotopic (exact) mass is 256 g/mol. The highest BCUT2D eigenvalue weighted by Gasteiger charge is 2.11. The van der Waals surface area contributed by atoms with Crippen LogP contribution in [0.2, 0.25) is 0 Å². The summed E-state index contributed by atoms with van der Waals surface area (Å²) in [6.07, 6.45) is 1.32. The number of aryl methyl sites for hydroxylation is 2. The maximum Gasteiger partial charge on any atom is 0.232 e. The Balaban J connectivity index is 2.69. The Morgan fingerprint density at radius 3 is 2.53 bits per heavy atom. The number of sulfonamides is 1. The number of hydrogen-bond donors (Lipinski definition) is 2. The Hall–Kier alpha value is -1.07. The number of anilines is 1. The van der Waals surface area contributed by atoms with Gasteiger partial charge in [0.15, 0.2) is 0 Å². The van der Waals surface area contributed by atoms with E-state index in [1.165, 1.54) is 0 Å². The number of nitrogens with two attached hydrogens (primary N) is 1. The molecule has 0 amide bonds. The predicted molar refractivity (Wildman–Crippen MR) is 71.6 cm³/mol. The molecule has 1 aromatic rings. The number of nitrogens with one attached hydrogen (secondary N) is 1. The van der Waals surface area contributed by atoms with Gasteiger partial charge in [-0.05, 0) is 44.9 Å². The highest BCUT2D eigenvalue weighted by Crippen LogP contribution is 2.17. The van der Waals surface area contributed by atoms with Crippen LogP contribution in [0.1, 0.15) is 24.0 Å². The number of unbranched alkanes of at least 4 members (excludes halogenated alkanes) is 1. The number of hydrogen-bond acceptors (Lipinski definition) is 3. The van der Waals surface area contributed by atoms with Crippen LogP contribution in [0.25, 0.3) is 0 Å². The van der Waals surface area contributed by atoms with Crippen molar-refractivity contribution in [1.82, 2.24) is 0 Å². The van der Waals surface area contributed by atoms with Crippen LogP contribution in [-0.4, -0.2) is 20.7 Å². The van der Waals surface area contributed by atoms with E-state index in [1.54, 1.807) is 6.07 Å². The van der Waals surface area contributed by atoms with Gasteiger partial charge in [-0.25, -0.2) is 8.42 Å². The largest absolute Gasteiger partial charge is 0.330 e. The van der Waals surface area contributed by atoms with E-state index in [1.807, 2.05) is 26.0 Å². The van der Waals surface area contributed by atoms with Crippen LogP contribution >= 0.6 is 0 Å². The minimum Gasteiger partial charge on any atom is -0.330 e. The normalized spacial score (nSPS) is 11.5. The maximum atomic E-state index is 11.8. The van der Waals surface area contributed by atoms with E-state index in [-0.39, 0.29) is 5.75 Å². The van der Waals surface area contributed by atoms with Crippen LogP contribution in [0.4, 0.5) is 5.69 Å². The van der Waals surface area contributed by atoms with Crippen molar-refractivity contribution in [2.75, 3.05) is 17.0 Å². The van der Waals surface area contributed by atoms with Crippen molar-refractivity contribution in [1.29, 1.82) is 0 Å². The number of rotatable bonds is 6. The lowest BCUT2D eigenvalue weighted by Crippen LogP contribution is -2.18. The van der Waals surface area contributed by atoms with Gasteiger partial charge in [0.25, 0.3) is 0 Å². The van der Waals surface area contributed by atoms with Crippen molar-refractivity contribution in [3.8, 4) is 0 Å². The van der Waals surface area contributed by atoms with Crippen LogP contribution in [0.15, 0.2) is 18.2 Å². The van der Waals surface area contributed by atoms with Crippen LogP contribution in [0, 0.1) is 13.8 Å². The zero-order valence-electron chi connectivity index (χ0n) is 10.4. The fourth-order valence-corrected chi connectivity index (χ4v) is 2.83. The Morgan fingerprint density at radius 1 is 1.24 bits per heavy atom. The van der Waals surface area contributed by atoms with Gasteiger partial charge in [0.1, 0.15) is 0 Å². The molecule has 0 aliphatic rings. The molecular weight excluding hydrogens is 236 g/mol. The van der Waals surface area contributed by atoms with Gasteiger partial charge in [0.05, 0.1) is 11.4 Å². The summed E-state index contributed by atoms with van der Waals surface area (Å²) in [5, 5.41) is 0. The van der Waals surface area contributed by atoms with Crippen molar-refractivity contribution in [2.24, 2.45) is 5.73 Å². The third-order valence-electron chi connectivity index (χ3n) is 2.51. The molecule has 5 heteroatoms. The van der Waals surface area contributed by atoms with Gasteiger partial charge in [-0.15, -0.1) is 0 Å². The van der Waals surface area contributed by atoms with E-state index in [4.69, 9.17) is 5.73 Å². The quantitative estimate of drug-likeness (QED) is 0.762. The molecule has 4 nitrogen and oxygen atoms in total. The molecule has 1 rings (SSSR count). The predicted octanol–water partition coefficient (Wildman–Crippen LogP) is 1.78. The summed E-state index contributed by atoms with van der Waals surface area (Å²) >= 11 is 0. The third-order valence-corrected chi connectivity index (χ3v) is 3.87. The molecule has 0 fully saturated rings. The summed E-state index contributed by atoms with van der Waals surface area (Å²) < 4.78 is 26.1. The molecule has 0 aliphatic carbocycles. The van der Waals surface area contributed by atoms with Crippen molar-refractivity contribution >= 4 is 15.7 Å². The van der Waals surface area contributed by atoms with Gasteiger partial charge < -0.3 is 5.73 Å². The lowest BCUT2D eigenvalue weighted by Gasteiger charge is -2.10. The van der Waals surface area contributed by atoms with Crippen LogP contribution in [0.3, 0.4) is 0 Å². The Kier molecular flexibility index (Phi) is 4.96. The summed E-state index contributed by atoms with van der Waals surface area (Å²) in [7, 11) is -3.25. The molecule has 0 bridgehead atoms. The molecule has 0 saturated carbocycles. The minimum atomic E-state index is -3.25. The van der Waals surface area contributed by atoms with Gasteiger partial charge in [-0.2, -0.15) is 0 Å². The minimum absolute atomic E-state index is 0.123. The zero-order valence-corrected chi connectivity index (χ0v) is 11.2. The first-order chi connectivity index (χ1) is 7.94. The van der Waals surface area contributed by atoms with E-state index in [0.717, 1.165) is 17.5 Å². The third kappa shape index (κ3) is 4.75. The van der Waals surface area contributed by atoms with Crippen LogP contribution in [0.5, 0.6) is 0 Å². The van der Waals surface area contributed by atoms with E-state index >= 15 is 0 Å². The van der Waals surface area contributed by atoms with Crippen molar-refractivity contribution in [3.63, 3.8) is 0 Å². The first-order valence-electron chi connectivity index (χ1n) is 5.72. The lowest BCUT2D eigenvalue weighted by molar-refractivity contribution is 0.597. The molecule has 0 aromatic heterocycles. The Bertz CT molecular complexity index is 469. The molecule has 0 heterocycles. The second-order valence-corrected chi connectivity index (χ2v) is 6.08. The molecule has 0 aliphatic heterocycles. The molecule has 0 atom stereocenters. The van der Waals surface area contributed by atoms with Crippen LogP contribution < -0.4 is 10.5 Å². The standard InChI is InChI=1S/C12H20N2O2S/c1-10-5-6-12(11(2)9-10)14-17(15,16)8-4-3-7-13/h5-6,9,14H,3-4,7-8,13H2,1-2H3. The van der Waals surface area contributed by atoms with Crippen molar-refractivity contribution in [3.05, 3.63) is 29.3 Å². The van der Waals surface area contributed by atoms with E-state index < -0.39 is 10.0 Å². The molecular formula is C12H20N2O2S. The van der Waals surface area contributed by atoms with Crippen molar-refractivity contribution < 1.29 is 8.42 Å². The van der Waals surface area contributed by atoms with Crippen LogP contribution in [-0.2, 0) is 10.0 Å². The molecule has 0 radical (unpaired) electrons. The fourth-order valence-electron chi connectivity index (χ4n) is 1.58. The smallest absolute Gasteiger partial charge is 0.232 e. The van der Waals surface area contributed by atoms with Gasteiger partial charge >= 0.3 is 0 Å². The summed E-state index contributed by atoms with van der Waals surface area (Å²) in [4.78, 5) is 0. The molecule has 0 spiro atoms. The Morgan fingerprint density at radius 2 is 1.94 bits per heavy atom. The summed E-state index contributed by atoms with van der Waals surface area (Å²) in [5.74, 6) is 0.123. The topological polar surface area (TPSA) is 72.2 Å². The van der Waals surface area contributed by atoms with E-state index in [2.05, 4.69) is 4.72 Å². The van der Waals surface area contributed by atoms with Gasteiger partial charge in [-0.1, -0.05) is 17.7 Å². The summed E-state index contributed by atoms with van der Waals surface area (Å²) in [6.45, 7) is 4.40. The number of benzene rings is 1. The lowest BCUT2D eigenvalue weighted by atomic mass is 10.1.